The fourth-order valence-electron chi connectivity index (χ4n) is 4.03. The van der Waals surface area contributed by atoms with Crippen LogP contribution in [-0.4, -0.2) is 40.2 Å². The lowest BCUT2D eigenvalue weighted by Gasteiger charge is -2.45. The molecule has 2 aliphatic rings. The monoisotopic (exact) mass is 417 g/mol. The second-order valence-corrected chi connectivity index (χ2v) is 7.93. The number of halogens is 1. The highest BCUT2D eigenvalue weighted by Gasteiger charge is 2.40. The first-order valence-electron chi connectivity index (χ1n) is 10.3. The van der Waals surface area contributed by atoms with Crippen LogP contribution in [-0.2, 0) is 6.42 Å². The molecule has 0 amide bonds. The molecular formula is C25H24FN3O2. The number of allylic oxidation sites excluding steroid dienone is 1. The van der Waals surface area contributed by atoms with Crippen LogP contribution >= 0.6 is 0 Å². The van der Waals surface area contributed by atoms with Crippen LogP contribution in [0.3, 0.4) is 0 Å². The molecule has 0 aliphatic carbocycles. The maximum absolute atomic E-state index is 14.2. The summed E-state index contributed by atoms with van der Waals surface area (Å²) in [7, 11) is 0. The van der Waals surface area contributed by atoms with Crippen molar-refractivity contribution >= 4 is 11.5 Å². The number of nitrogens with zero attached hydrogens (tertiary/aromatic N) is 1. The van der Waals surface area contributed by atoms with Gasteiger partial charge in [0.05, 0.1) is 0 Å². The number of hydrogen-bond donors (Lipinski definition) is 3. The van der Waals surface area contributed by atoms with Crippen LogP contribution in [0.4, 0.5) is 4.39 Å². The van der Waals surface area contributed by atoms with Crippen molar-refractivity contribution in [2.45, 2.75) is 31.3 Å². The van der Waals surface area contributed by atoms with Crippen LogP contribution < -0.4 is 4.74 Å². The van der Waals surface area contributed by atoms with E-state index in [0.29, 0.717) is 30.2 Å². The molecule has 5 nitrogen and oxygen atoms in total. The van der Waals surface area contributed by atoms with Gasteiger partial charge in [-0.1, -0.05) is 24.1 Å². The van der Waals surface area contributed by atoms with Crippen molar-refractivity contribution in [3.8, 4) is 23.3 Å². The van der Waals surface area contributed by atoms with Gasteiger partial charge in [-0.15, -0.1) is 0 Å². The van der Waals surface area contributed by atoms with Crippen molar-refractivity contribution in [2.75, 3.05) is 13.1 Å². The minimum atomic E-state index is -0.366. The molecule has 2 aromatic rings. The van der Waals surface area contributed by atoms with E-state index in [1.165, 1.54) is 18.2 Å². The summed E-state index contributed by atoms with van der Waals surface area (Å²) < 4.78 is 20.3. The number of likely N-dealkylation sites (tertiary alicyclic amines) is 1. The molecule has 1 saturated heterocycles. The van der Waals surface area contributed by atoms with E-state index in [1.807, 2.05) is 11.0 Å². The van der Waals surface area contributed by atoms with Crippen molar-refractivity contribution in [1.82, 2.24) is 4.90 Å². The van der Waals surface area contributed by atoms with Crippen LogP contribution in [0.15, 0.2) is 54.6 Å². The smallest absolute Gasteiger partial charge is 0.165 e. The Balaban J connectivity index is 1.33. The van der Waals surface area contributed by atoms with E-state index in [9.17, 15) is 9.50 Å². The number of ether oxygens (including phenoxy) is 1. The van der Waals surface area contributed by atoms with E-state index in [-0.39, 0.29) is 22.9 Å². The highest BCUT2D eigenvalue weighted by Crippen LogP contribution is 2.40. The molecule has 0 saturated carbocycles. The van der Waals surface area contributed by atoms with Gasteiger partial charge in [0.2, 0.25) is 0 Å². The molecule has 2 heterocycles. The maximum Gasteiger partial charge on any atom is 0.165 e. The first-order valence-corrected chi connectivity index (χ1v) is 10.3. The molecule has 0 aromatic heterocycles. The number of benzene rings is 2. The number of amidine groups is 1. The largest absolute Gasteiger partial charge is 0.508 e. The van der Waals surface area contributed by atoms with Crippen molar-refractivity contribution < 1.29 is 14.2 Å². The van der Waals surface area contributed by atoms with Crippen LogP contribution in [0, 0.1) is 28.5 Å². The van der Waals surface area contributed by atoms with Gasteiger partial charge in [-0.25, -0.2) is 4.39 Å². The van der Waals surface area contributed by atoms with Gasteiger partial charge < -0.3 is 14.7 Å². The molecule has 158 valence electrons. The summed E-state index contributed by atoms with van der Waals surface area (Å²) in [5.74, 6) is 6.06. The third kappa shape index (κ3) is 4.77. The summed E-state index contributed by atoms with van der Waals surface area (Å²) in [6.07, 6.45) is 6.20. The molecule has 0 bridgehead atoms. The number of piperidine rings is 1. The van der Waals surface area contributed by atoms with E-state index >= 15 is 0 Å². The molecule has 3 N–H and O–H groups in total. The van der Waals surface area contributed by atoms with E-state index in [2.05, 4.69) is 11.8 Å². The number of para-hydroxylation sites is 1. The van der Waals surface area contributed by atoms with Crippen LogP contribution in [0.25, 0.3) is 0 Å². The van der Waals surface area contributed by atoms with Gasteiger partial charge in [-0.3, -0.25) is 10.8 Å². The van der Waals surface area contributed by atoms with Crippen LogP contribution in [0.1, 0.15) is 30.4 Å². The minimum Gasteiger partial charge on any atom is -0.508 e. The zero-order chi connectivity index (χ0) is 21.8. The Hall–Kier alpha value is -3.59. The van der Waals surface area contributed by atoms with Crippen molar-refractivity contribution in [2.24, 2.45) is 0 Å². The SMILES string of the molecule is N=C(C#Cc1cccc(O)c1)/C=C\C(=N)N1CCC2(CCc3cccc(F)c3O2)CC1. The number of rotatable bonds is 2. The number of phenolic OH excluding ortho intramolecular Hbond substituents is 1. The Kier molecular flexibility index (Phi) is 5.77. The molecule has 1 spiro atoms. The zero-order valence-corrected chi connectivity index (χ0v) is 17.1. The molecule has 31 heavy (non-hydrogen) atoms. The first-order chi connectivity index (χ1) is 14.9. The second kappa shape index (κ2) is 8.65. The molecular weight excluding hydrogens is 393 g/mol. The van der Waals surface area contributed by atoms with E-state index in [0.717, 1.165) is 31.2 Å². The van der Waals surface area contributed by atoms with Gasteiger partial charge in [0.1, 0.15) is 22.9 Å². The van der Waals surface area contributed by atoms with E-state index in [4.69, 9.17) is 15.6 Å². The predicted molar refractivity (Wildman–Crippen MR) is 118 cm³/mol. The molecule has 0 radical (unpaired) electrons. The van der Waals surface area contributed by atoms with E-state index in [1.54, 1.807) is 30.3 Å². The average molecular weight is 417 g/mol. The van der Waals surface area contributed by atoms with E-state index < -0.39 is 0 Å². The van der Waals surface area contributed by atoms with Gasteiger partial charge in [0.25, 0.3) is 0 Å². The topological polar surface area (TPSA) is 80.4 Å². The third-order valence-corrected chi connectivity index (χ3v) is 5.83. The van der Waals surface area contributed by atoms with Crippen molar-refractivity contribution in [3.63, 3.8) is 0 Å². The molecule has 2 aromatic carbocycles. The molecule has 0 atom stereocenters. The summed E-state index contributed by atoms with van der Waals surface area (Å²) in [4.78, 5) is 1.94. The third-order valence-electron chi connectivity index (χ3n) is 5.83. The van der Waals surface area contributed by atoms with Crippen LogP contribution in [0.2, 0.25) is 0 Å². The van der Waals surface area contributed by atoms with Gasteiger partial charge in [-0.05, 0) is 60.7 Å². The number of aromatic hydroxyl groups is 1. The Morgan fingerprint density at radius 1 is 1.10 bits per heavy atom. The highest BCUT2D eigenvalue weighted by atomic mass is 19.1. The zero-order valence-electron chi connectivity index (χ0n) is 17.1. The Bertz CT molecular complexity index is 1110. The molecule has 1 fully saturated rings. The summed E-state index contributed by atoms with van der Waals surface area (Å²) in [6.45, 7) is 1.30. The Morgan fingerprint density at radius 2 is 1.87 bits per heavy atom. The normalized spacial score (nSPS) is 16.9. The van der Waals surface area contributed by atoms with Crippen LogP contribution in [0.5, 0.6) is 11.5 Å². The van der Waals surface area contributed by atoms with Gasteiger partial charge >= 0.3 is 0 Å². The molecule has 2 aliphatic heterocycles. The second-order valence-electron chi connectivity index (χ2n) is 7.93. The quantitative estimate of drug-likeness (QED) is 0.387. The average Bonchev–Trinajstić information content (AvgIpc) is 2.77. The number of phenols is 1. The lowest BCUT2D eigenvalue weighted by molar-refractivity contribution is -0.00392. The van der Waals surface area contributed by atoms with Gasteiger partial charge in [-0.2, -0.15) is 0 Å². The fraction of sp³-hybridized carbons (Fsp3) is 0.280. The number of nitrogens with one attached hydrogen (secondary N) is 2. The fourth-order valence-corrected chi connectivity index (χ4v) is 4.03. The Labute approximate surface area is 181 Å². The summed E-state index contributed by atoms with van der Waals surface area (Å²) in [5.41, 5.74) is 1.27. The summed E-state index contributed by atoms with van der Waals surface area (Å²) >= 11 is 0. The lowest BCUT2D eigenvalue weighted by Crippen LogP contribution is -2.51. The highest BCUT2D eigenvalue weighted by molar-refractivity contribution is 6.09. The standard InChI is InChI=1S/C25H24FN3O2/c26-22-6-2-4-19-11-12-25(31-24(19)22)13-15-29(16-14-25)23(28)10-9-20(27)8-7-18-3-1-5-21(30)17-18/h1-6,9-10,17,27-28,30H,11-16H2/b10-9-,27-20?,28-23?. The minimum absolute atomic E-state index is 0.0873. The van der Waals surface area contributed by atoms with Crippen molar-refractivity contribution in [3.05, 3.63) is 71.6 Å². The Morgan fingerprint density at radius 3 is 2.65 bits per heavy atom. The number of fused-ring (bicyclic) bond motifs is 1. The maximum atomic E-state index is 14.2. The molecule has 0 unspecified atom stereocenters. The molecule has 4 rings (SSSR count). The molecule has 6 heteroatoms. The summed E-state index contributed by atoms with van der Waals surface area (Å²) in [6, 6.07) is 11.6. The summed E-state index contributed by atoms with van der Waals surface area (Å²) in [5, 5.41) is 25.7. The first kappa shape index (κ1) is 20.7. The van der Waals surface area contributed by atoms with Gasteiger partial charge in [0.15, 0.2) is 11.6 Å². The predicted octanol–water partition coefficient (Wildman–Crippen LogP) is 4.30. The lowest BCUT2D eigenvalue weighted by atomic mass is 9.83. The number of aryl methyl sites for hydroxylation is 1. The van der Waals surface area contributed by atoms with Gasteiger partial charge in [0, 0.05) is 31.5 Å². The number of hydrogen-bond acceptors (Lipinski definition) is 4. The van der Waals surface area contributed by atoms with Crippen molar-refractivity contribution in [1.29, 1.82) is 10.8 Å².